The monoisotopic (exact) mass is 217 g/mol. The third-order valence-corrected chi connectivity index (χ3v) is 3.10. The molecule has 84 valence electrons. The van der Waals surface area contributed by atoms with Crippen molar-refractivity contribution in [2.24, 2.45) is 0 Å². The minimum Gasteiger partial charge on any atom is -0.296 e. The van der Waals surface area contributed by atoms with Gasteiger partial charge >= 0.3 is 0 Å². The molecule has 0 spiro atoms. The number of piperidine rings is 1. The first kappa shape index (κ1) is 10.9. The summed E-state index contributed by atoms with van der Waals surface area (Å²) in [6.07, 6.45) is 0.754. The Morgan fingerprint density at radius 3 is 2.38 bits per heavy atom. The van der Waals surface area contributed by atoms with Crippen LogP contribution in [0, 0.1) is 6.92 Å². The Labute approximate surface area is 94.9 Å². The van der Waals surface area contributed by atoms with Gasteiger partial charge in [-0.05, 0) is 12.5 Å². The van der Waals surface area contributed by atoms with Gasteiger partial charge < -0.3 is 0 Å². The molecule has 0 saturated carbocycles. The standard InChI is InChI=1S/C13H15NO2/c1-9-4-3-5-10(6-9)13(2)7-11(15)14-12(16)8-13/h3-6H,7-8H2,1-2H3,(H,14,15,16). The zero-order valence-corrected chi connectivity index (χ0v) is 9.54. The molecule has 0 bridgehead atoms. The van der Waals surface area contributed by atoms with Crippen molar-refractivity contribution in [2.45, 2.75) is 32.1 Å². The molecule has 3 heteroatoms. The van der Waals surface area contributed by atoms with E-state index in [1.807, 2.05) is 38.1 Å². The Morgan fingerprint density at radius 1 is 1.19 bits per heavy atom. The van der Waals surface area contributed by atoms with Crippen LogP contribution in [0.1, 0.15) is 30.9 Å². The van der Waals surface area contributed by atoms with Gasteiger partial charge in [-0.3, -0.25) is 14.9 Å². The zero-order valence-electron chi connectivity index (χ0n) is 9.54. The average molecular weight is 217 g/mol. The fourth-order valence-electron chi connectivity index (χ4n) is 2.24. The summed E-state index contributed by atoms with van der Waals surface area (Å²) in [5.74, 6) is -0.361. The van der Waals surface area contributed by atoms with Crippen LogP contribution in [0.15, 0.2) is 24.3 Å². The maximum atomic E-state index is 11.4. The third kappa shape index (κ3) is 1.98. The van der Waals surface area contributed by atoms with Crippen molar-refractivity contribution in [1.29, 1.82) is 0 Å². The van der Waals surface area contributed by atoms with Crippen LogP contribution in [0.2, 0.25) is 0 Å². The molecular formula is C13H15NO2. The van der Waals surface area contributed by atoms with Gasteiger partial charge in [0.25, 0.3) is 0 Å². The van der Waals surface area contributed by atoms with Crippen LogP contribution in [-0.2, 0) is 15.0 Å². The van der Waals surface area contributed by atoms with Crippen molar-refractivity contribution in [2.75, 3.05) is 0 Å². The minimum absolute atomic E-state index is 0.180. The molecule has 1 heterocycles. The number of imide groups is 1. The second kappa shape index (κ2) is 3.74. The van der Waals surface area contributed by atoms with Gasteiger partial charge in [-0.15, -0.1) is 0 Å². The normalized spacial score (nSPS) is 19.4. The molecule has 1 aliphatic heterocycles. The zero-order chi connectivity index (χ0) is 11.8. The van der Waals surface area contributed by atoms with Crippen molar-refractivity contribution >= 4 is 11.8 Å². The second-order valence-corrected chi connectivity index (χ2v) is 4.76. The number of carbonyl (C=O) groups is 2. The minimum atomic E-state index is -0.356. The average Bonchev–Trinajstić information content (AvgIpc) is 2.15. The van der Waals surface area contributed by atoms with Gasteiger partial charge in [0.15, 0.2) is 0 Å². The van der Waals surface area contributed by atoms with E-state index in [4.69, 9.17) is 0 Å². The smallest absolute Gasteiger partial charge is 0.227 e. The van der Waals surface area contributed by atoms with Gasteiger partial charge in [0.05, 0.1) is 0 Å². The van der Waals surface area contributed by atoms with Crippen LogP contribution < -0.4 is 5.32 Å². The van der Waals surface area contributed by atoms with Crippen molar-refractivity contribution in [1.82, 2.24) is 5.32 Å². The predicted molar refractivity (Wildman–Crippen MR) is 60.9 cm³/mol. The van der Waals surface area contributed by atoms with Crippen LogP contribution in [0.3, 0.4) is 0 Å². The van der Waals surface area contributed by atoms with E-state index in [2.05, 4.69) is 5.32 Å². The molecule has 16 heavy (non-hydrogen) atoms. The SMILES string of the molecule is Cc1cccc(C2(C)CC(=O)NC(=O)C2)c1. The lowest BCUT2D eigenvalue weighted by Gasteiger charge is -2.32. The molecule has 3 nitrogen and oxygen atoms in total. The maximum Gasteiger partial charge on any atom is 0.227 e. The summed E-state index contributed by atoms with van der Waals surface area (Å²) in [6, 6.07) is 8.01. The summed E-state index contributed by atoms with van der Waals surface area (Å²) < 4.78 is 0. The lowest BCUT2D eigenvalue weighted by molar-refractivity contribution is -0.135. The number of benzene rings is 1. The van der Waals surface area contributed by atoms with E-state index in [0.29, 0.717) is 12.8 Å². The highest BCUT2D eigenvalue weighted by atomic mass is 16.2. The number of aryl methyl sites for hydroxylation is 1. The number of amides is 2. The van der Waals surface area contributed by atoms with Crippen LogP contribution in [-0.4, -0.2) is 11.8 Å². The fourth-order valence-corrected chi connectivity index (χ4v) is 2.24. The van der Waals surface area contributed by atoms with Gasteiger partial charge in [-0.1, -0.05) is 36.8 Å². The number of hydrogen-bond donors (Lipinski definition) is 1. The Hall–Kier alpha value is -1.64. The first-order chi connectivity index (χ1) is 7.49. The van der Waals surface area contributed by atoms with Crippen molar-refractivity contribution < 1.29 is 9.59 Å². The van der Waals surface area contributed by atoms with Crippen molar-refractivity contribution in [3.63, 3.8) is 0 Å². The first-order valence-corrected chi connectivity index (χ1v) is 5.39. The fraction of sp³-hybridized carbons (Fsp3) is 0.385. The quantitative estimate of drug-likeness (QED) is 0.727. The molecule has 0 radical (unpaired) electrons. The van der Waals surface area contributed by atoms with Gasteiger partial charge in [0, 0.05) is 18.3 Å². The predicted octanol–water partition coefficient (Wildman–Crippen LogP) is 1.69. The summed E-state index contributed by atoms with van der Waals surface area (Å²) in [6.45, 7) is 3.98. The van der Waals surface area contributed by atoms with Crippen LogP contribution in [0.5, 0.6) is 0 Å². The Balaban J connectivity index is 2.37. The van der Waals surface area contributed by atoms with E-state index >= 15 is 0 Å². The Kier molecular flexibility index (Phi) is 2.54. The molecule has 1 saturated heterocycles. The summed E-state index contributed by atoms with van der Waals surface area (Å²) in [5, 5.41) is 2.34. The second-order valence-electron chi connectivity index (χ2n) is 4.76. The van der Waals surface area contributed by atoms with E-state index in [1.54, 1.807) is 0 Å². The van der Waals surface area contributed by atoms with Crippen LogP contribution in [0.25, 0.3) is 0 Å². The number of nitrogens with one attached hydrogen (secondary N) is 1. The lowest BCUT2D eigenvalue weighted by atomic mass is 9.74. The number of rotatable bonds is 1. The first-order valence-electron chi connectivity index (χ1n) is 5.39. The van der Waals surface area contributed by atoms with Gasteiger partial charge in [-0.25, -0.2) is 0 Å². The highest BCUT2D eigenvalue weighted by molar-refractivity contribution is 5.99. The van der Waals surface area contributed by atoms with Crippen molar-refractivity contribution in [3.8, 4) is 0 Å². The van der Waals surface area contributed by atoms with E-state index < -0.39 is 0 Å². The van der Waals surface area contributed by atoms with Gasteiger partial charge in [0.2, 0.25) is 11.8 Å². The number of hydrogen-bond acceptors (Lipinski definition) is 2. The van der Waals surface area contributed by atoms with E-state index in [1.165, 1.54) is 0 Å². The van der Waals surface area contributed by atoms with Gasteiger partial charge in [-0.2, -0.15) is 0 Å². The molecule has 0 aliphatic carbocycles. The highest BCUT2D eigenvalue weighted by Crippen LogP contribution is 2.33. The molecular weight excluding hydrogens is 202 g/mol. The maximum absolute atomic E-state index is 11.4. The molecule has 0 atom stereocenters. The van der Waals surface area contributed by atoms with E-state index in [0.717, 1.165) is 11.1 Å². The summed E-state index contributed by atoms with van der Waals surface area (Å²) in [4.78, 5) is 22.8. The summed E-state index contributed by atoms with van der Waals surface area (Å²) >= 11 is 0. The van der Waals surface area contributed by atoms with Crippen LogP contribution in [0.4, 0.5) is 0 Å². The molecule has 2 amide bonds. The van der Waals surface area contributed by atoms with E-state index in [-0.39, 0.29) is 17.2 Å². The van der Waals surface area contributed by atoms with Crippen LogP contribution >= 0.6 is 0 Å². The Bertz CT molecular complexity index is 435. The molecule has 1 aromatic rings. The molecule has 1 fully saturated rings. The van der Waals surface area contributed by atoms with Gasteiger partial charge in [0.1, 0.15) is 0 Å². The third-order valence-electron chi connectivity index (χ3n) is 3.10. The lowest BCUT2D eigenvalue weighted by Crippen LogP contribution is -2.45. The van der Waals surface area contributed by atoms with E-state index in [9.17, 15) is 9.59 Å². The molecule has 2 rings (SSSR count). The molecule has 0 unspecified atom stereocenters. The largest absolute Gasteiger partial charge is 0.296 e. The number of carbonyl (C=O) groups excluding carboxylic acids is 2. The highest BCUT2D eigenvalue weighted by Gasteiger charge is 2.36. The van der Waals surface area contributed by atoms with Crippen molar-refractivity contribution in [3.05, 3.63) is 35.4 Å². The molecule has 1 aliphatic rings. The topological polar surface area (TPSA) is 46.2 Å². The molecule has 1 aromatic carbocycles. The Morgan fingerprint density at radius 2 is 1.81 bits per heavy atom. The molecule has 0 aromatic heterocycles. The molecule has 1 N–H and O–H groups in total. The summed E-state index contributed by atoms with van der Waals surface area (Å²) in [5.41, 5.74) is 1.86. The summed E-state index contributed by atoms with van der Waals surface area (Å²) in [7, 11) is 0.